The molecule has 47 heavy (non-hydrogen) atoms. The molecule has 5 rings (SSSR count). The van der Waals surface area contributed by atoms with Gasteiger partial charge in [0.05, 0.1) is 5.56 Å². The van der Waals surface area contributed by atoms with Crippen molar-refractivity contribution in [1.29, 1.82) is 0 Å². The second-order valence-corrected chi connectivity index (χ2v) is 15.6. The Morgan fingerprint density at radius 3 is 1.40 bits per heavy atom. The van der Waals surface area contributed by atoms with Crippen molar-refractivity contribution in [2.75, 3.05) is 6.61 Å². The van der Waals surface area contributed by atoms with E-state index in [0.717, 1.165) is 38.9 Å². The molecule has 240 valence electrons. The smallest absolute Gasteiger partial charge is 0.305 e. The van der Waals surface area contributed by atoms with Gasteiger partial charge in [0, 0.05) is 22.6 Å². The lowest BCUT2D eigenvalue weighted by Crippen LogP contribution is -2.23. The molecule has 0 radical (unpaired) electrons. The fraction of sp³-hybridized carbons (Fsp3) is 0.200. The van der Waals surface area contributed by atoms with Crippen molar-refractivity contribution in [1.82, 2.24) is 0 Å². The van der Waals surface area contributed by atoms with E-state index >= 15 is 0 Å². The van der Waals surface area contributed by atoms with Crippen LogP contribution in [0.15, 0.2) is 115 Å². The molecule has 0 bridgehead atoms. The maximum atomic E-state index is 14.2. The molecule has 5 aromatic carbocycles. The third kappa shape index (κ3) is 8.56. The van der Waals surface area contributed by atoms with Gasteiger partial charge in [-0.05, 0) is 73.9 Å². The molecule has 5 aromatic rings. The van der Waals surface area contributed by atoms with Crippen LogP contribution in [0, 0.1) is 41.5 Å². The maximum Gasteiger partial charge on any atom is 0.593 e. The van der Waals surface area contributed by atoms with Crippen molar-refractivity contribution in [3.63, 3.8) is 0 Å². The summed E-state index contributed by atoms with van der Waals surface area (Å²) in [7, 11) is -5.79. The van der Waals surface area contributed by atoms with Crippen molar-refractivity contribution in [2.45, 2.75) is 48.0 Å². The predicted octanol–water partition coefficient (Wildman–Crippen LogP) is 9.52. The lowest BCUT2D eigenvalue weighted by Gasteiger charge is -2.20. The Balaban J connectivity index is 0.000000215. The standard InChI is InChI=1S/C22H21O2P.C18H20O3P/c1-16-14-17(2)21(18(3)15-16)22(23)25(24,19-10-6-4-7-11-19)20-12-8-5-9-13-20;1-13-11-14(2)17(15(3)12-13)18(19)22(20)21-10-9-16-7-5-4-6-8-16/h4-15H,1-3H3;4-8,11-12H,9-10H2,1-3H3/q;+1. The third-order valence-electron chi connectivity index (χ3n) is 7.92. The van der Waals surface area contributed by atoms with E-state index in [1.807, 2.05) is 133 Å². The molecule has 0 aromatic heterocycles. The zero-order chi connectivity index (χ0) is 34.1. The van der Waals surface area contributed by atoms with Gasteiger partial charge in [-0.15, -0.1) is 4.52 Å². The van der Waals surface area contributed by atoms with Crippen LogP contribution >= 0.6 is 15.2 Å². The molecule has 0 aliphatic heterocycles. The van der Waals surface area contributed by atoms with Crippen LogP contribution in [0.1, 0.15) is 59.7 Å². The van der Waals surface area contributed by atoms with Crippen molar-refractivity contribution < 1.29 is 23.2 Å². The maximum absolute atomic E-state index is 14.2. The third-order valence-corrected chi connectivity index (χ3v) is 11.7. The van der Waals surface area contributed by atoms with Crippen LogP contribution in [0.25, 0.3) is 0 Å². The van der Waals surface area contributed by atoms with Gasteiger partial charge in [0.2, 0.25) is 12.7 Å². The zero-order valence-corrected chi connectivity index (χ0v) is 29.6. The molecule has 7 heteroatoms. The molecule has 0 spiro atoms. The number of carbonyl (C=O) groups is 2. The van der Waals surface area contributed by atoms with Gasteiger partial charge in [-0.1, -0.05) is 126 Å². The Kier molecular flexibility index (Phi) is 12.1. The second kappa shape index (κ2) is 16.0. The molecule has 0 N–H and O–H groups in total. The molecule has 5 nitrogen and oxygen atoms in total. The molecule has 1 unspecified atom stereocenters. The van der Waals surface area contributed by atoms with Gasteiger partial charge in [0.1, 0.15) is 6.61 Å². The molecule has 0 saturated heterocycles. The summed E-state index contributed by atoms with van der Waals surface area (Å²) in [6, 6.07) is 35.7. The first-order valence-corrected chi connectivity index (χ1v) is 18.4. The number of carbonyl (C=O) groups excluding carboxylic acids is 2. The van der Waals surface area contributed by atoms with Crippen LogP contribution in [0.2, 0.25) is 0 Å². The average Bonchev–Trinajstić information content (AvgIpc) is 3.05. The summed E-state index contributed by atoms with van der Waals surface area (Å²) in [5.41, 5.74) is 7.10. The van der Waals surface area contributed by atoms with E-state index < -0.39 is 20.7 Å². The molecule has 0 heterocycles. The molecular weight excluding hydrogens is 622 g/mol. The molecule has 0 aliphatic carbocycles. The Bertz CT molecular complexity index is 1840. The first-order valence-electron chi connectivity index (χ1n) is 15.5. The Morgan fingerprint density at radius 2 is 0.979 bits per heavy atom. The fourth-order valence-corrected chi connectivity index (χ4v) is 9.42. The van der Waals surface area contributed by atoms with Crippen LogP contribution in [0.3, 0.4) is 0 Å². The highest BCUT2D eigenvalue weighted by molar-refractivity contribution is 7.93. The van der Waals surface area contributed by atoms with E-state index in [0.29, 0.717) is 28.2 Å². The summed E-state index contributed by atoms with van der Waals surface area (Å²) in [6.07, 6.45) is 0.640. The molecular formula is C40H41O5P2+. The summed E-state index contributed by atoms with van der Waals surface area (Å²) >= 11 is 0. The van der Waals surface area contributed by atoms with Gasteiger partial charge in [0.25, 0.3) is 0 Å². The molecule has 0 fully saturated rings. The normalized spacial score (nSPS) is 11.3. The first-order chi connectivity index (χ1) is 22.4. The highest BCUT2D eigenvalue weighted by Crippen LogP contribution is 2.48. The van der Waals surface area contributed by atoms with Gasteiger partial charge in [-0.2, -0.15) is 0 Å². The highest BCUT2D eigenvalue weighted by atomic mass is 31.2. The Labute approximate surface area is 279 Å². The quantitative estimate of drug-likeness (QED) is 0.139. The van der Waals surface area contributed by atoms with Crippen LogP contribution in [-0.2, 0) is 20.1 Å². The minimum Gasteiger partial charge on any atom is -0.305 e. The van der Waals surface area contributed by atoms with Crippen molar-refractivity contribution in [3.05, 3.63) is 165 Å². The average molecular weight is 664 g/mol. The summed E-state index contributed by atoms with van der Waals surface area (Å²) in [5.74, 6) is 0. The molecule has 1 atom stereocenters. The van der Waals surface area contributed by atoms with Crippen LogP contribution in [0.5, 0.6) is 0 Å². The lowest BCUT2D eigenvalue weighted by molar-refractivity contribution is 0.105. The van der Waals surface area contributed by atoms with Gasteiger partial charge >= 0.3 is 13.6 Å². The summed E-state index contributed by atoms with van der Waals surface area (Å²) < 4.78 is 31.5. The van der Waals surface area contributed by atoms with Crippen LogP contribution < -0.4 is 10.6 Å². The van der Waals surface area contributed by atoms with Crippen molar-refractivity contribution in [2.24, 2.45) is 0 Å². The molecule has 0 saturated carbocycles. The van der Waals surface area contributed by atoms with Crippen LogP contribution in [0.4, 0.5) is 0 Å². The minimum atomic E-state index is -3.44. The lowest BCUT2D eigenvalue weighted by atomic mass is 10.0. The zero-order valence-electron chi connectivity index (χ0n) is 27.8. The fourth-order valence-electron chi connectivity index (χ4n) is 5.89. The summed E-state index contributed by atoms with van der Waals surface area (Å²) in [6.45, 7) is 11.8. The Morgan fingerprint density at radius 1 is 0.596 bits per heavy atom. The van der Waals surface area contributed by atoms with Gasteiger partial charge in [-0.25, -0.2) is 4.79 Å². The monoisotopic (exact) mass is 663 g/mol. The first kappa shape index (κ1) is 35.6. The topological polar surface area (TPSA) is 77.5 Å². The SMILES string of the molecule is Cc1cc(C)c(C(=O)P(=O)(c2ccccc2)c2ccccc2)c(C)c1.Cc1cc(C)c(C(=O)[P+](=O)OCCc2ccccc2)c(C)c1. The van der Waals surface area contributed by atoms with E-state index in [1.165, 1.54) is 0 Å². The van der Waals surface area contributed by atoms with Gasteiger partial charge in [-0.3, -0.25) is 4.79 Å². The largest absolute Gasteiger partial charge is 0.593 e. The number of benzene rings is 5. The second-order valence-electron chi connectivity index (χ2n) is 11.8. The van der Waals surface area contributed by atoms with Crippen molar-refractivity contribution >= 4 is 36.8 Å². The minimum absolute atomic E-state index is 0.273. The number of rotatable bonds is 10. The number of hydrogen-bond donors (Lipinski definition) is 0. The van der Waals surface area contributed by atoms with Gasteiger partial charge < -0.3 is 4.57 Å². The van der Waals surface area contributed by atoms with E-state index in [2.05, 4.69) is 0 Å². The van der Waals surface area contributed by atoms with E-state index in [4.69, 9.17) is 4.52 Å². The van der Waals surface area contributed by atoms with E-state index in [1.54, 1.807) is 24.3 Å². The summed E-state index contributed by atoms with van der Waals surface area (Å²) in [4.78, 5) is 25.9. The number of hydrogen-bond acceptors (Lipinski definition) is 5. The van der Waals surface area contributed by atoms with E-state index in [-0.39, 0.29) is 12.1 Å². The molecule has 0 amide bonds. The summed E-state index contributed by atoms with van der Waals surface area (Å²) in [5, 5.41) is 1.15. The Hall–Kier alpha value is -4.27. The molecule has 0 aliphatic rings. The van der Waals surface area contributed by atoms with Crippen molar-refractivity contribution in [3.8, 4) is 0 Å². The predicted molar refractivity (Wildman–Crippen MR) is 193 cm³/mol. The van der Waals surface area contributed by atoms with Gasteiger partial charge in [0.15, 0.2) is 0 Å². The highest BCUT2D eigenvalue weighted by Gasteiger charge is 2.38. The number of aryl methyl sites for hydroxylation is 6. The van der Waals surface area contributed by atoms with E-state index in [9.17, 15) is 18.7 Å². The van der Waals surface area contributed by atoms with Crippen LogP contribution in [-0.4, -0.2) is 17.7 Å².